The van der Waals surface area contributed by atoms with Crippen LogP contribution < -0.4 is 10.2 Å². The molecule has 4 fully saturated rings. The number of nitrogens with one attached hydrogen (secondary N) is 1. The minimum Gasteiger partial charge on any atom is -0.443 e. The Morgan fingerprint density at radius 2 is 1.69 bits per heavy atom. The summed E-state index contributed by atoms with van der Waals surface area (Å²) >= 11 is 0. The molecule has 42 heavy (non-hydrogen) atoms. The number of ether oxygens (including phenoxy) is 1. The van der Waals surface area contributed by atoms with Gasteiger partial charge in [0.05, 0.1) is 28.5 Å². The predicted octanol–water partition coefficient (Wildman–Crippen LogP) is 3.23. The van der Waals surface area contributed by atoms with Crippen LogP contribution in [0.25, 0.3) is 0 Å². The zero-order valence-corrected chi connectivity index (χ0v) is 24.6. The molecule has 2 N–H and O–H groups in total. The number of carbonyl (C=O) groups excluding carboxylic acids is 3. The van der Waals surface area contributed by atoms with Crippen molar-refractivity contribution >= 4 is 33.6 Å². The van der Waals surface area contributed by atoms with Gasteiger partial charge in [0, 0.05) is 24.5 Å². The number of amides is 3. The standard InChI is InChI=1S/C31H37N3O7S/c1-19-12-14-23(15-13-19)42(39,40)33-17-20(2)31(18-33)26-24(28(36)34(29(26)37)22-10-4-3-5-11-22)16-25(27(31)35)41-30(38)32-21-8-6-7-9-21/h3-5,10-15,20-21,24-27,35H,6-9,16-18H2,1-2H3,(H,32,38)/t20-,24-,25-,26+,27-,31+/m1/s1. The van der Waals surface area contributed by atoms with Crippen molar-refractivity contribution in [2.24, 2.45) is 23.2 Å². The number of imide groups is 1. The molecule has 0 radical (unpaired) electrons. The van der Waals surface area contributed by atoms with E-state index in [0.29, 0.717) is 5.69 Å². The number of anilines is 1. The summed E-state index contributed by atoms with van der Waals surface area (Å²) in [4.78, 5) is 42.2. The molecule has 2 heterocycles. The van der Waals surface area contributed by atoms with Crippen molar-refractivity contribution in [3.05, 3.63) is 60.2 Å². The van der Waals surface area contributed by atoms with Crippen LogP contribution >= 0.6 is 0 Å². The summed E-state index contributed by atoms with van der Waals surface area (Å²) in [5, 5.41) is 14.9. The third-order valence-electron chi connectivity index (χ3n) is 9.85. The molecule has 0 unspecified atom stereocenters. The summed E-state index contributed by atoms with van der Waals surface area (Å²) in [5.41, 5.74) is -0.0228. The number of aliphatic hydroxyl groups excluding tert-OH is 1. The Kier molecular flexibility index (Phi) is 7.39. The maximum atomic E-state index is 14.1. The fourth-order valence-electron chi connectivity index (χ4n) is 7.66. The Labute approximate surface area is 246 Å². The van der Waals surface area contributed by atoms with E-state index in [4.69, 9.17) is 4.74 Å². The first-order valence-electron chi connectivity index (χ1n) is 14.7. The van der Waals surface area contributed by atoms with E-state index in [2.05, 4.69) is 5.32 Å². The second kappa shape index (κ2) is 10.8. The first-order chi connectivity index (χ1) is 20.0. The molecule has 2 aromatic carbocycles. The lowest BCUT2D eigenvalue weighted by Gasteiger charge is -2.49. The summed E-state index contributed by atoms with van der Waals surface area (Å²) in [6.45, 7) is 3.53. The van der Waals surface area contributed by atoms with Gasteiger partial charge in [-0.2, -0.15) is 4.31 Å². The van der Waals surface area contributed by atoms with Crippen LogP contribution in [0, 0.1) is 30.1 Å². The van der Waals surface area contributed by atoms with Gasteiger partial charge in [-0.3, -0.25) is 14.5 Å². The van der Waals surface area contributed by atoms with Crippen LogP contribution in [-0.2, 0) is 24.3 Å². The molecule has 2 aliphatic heterocycles. The highest BCUT2D eigenvalue weighted by atomic mass is 32.2. The van der Waals surface area contributed by atoms with Crippen molar-refractivity contribution in [3.63, 3.8) is 0 Å². The Morgan fingerprint density at radius 1 is 1.02 bits per heavy atom. The van der Waals surface area contributed by atoms with Crippen LogP contribution in [0.15, 0.2) is 59.5 Å². The average molecular weight is 596 g/mol. The number of aliphatic hydroxyl groups is 1. The first-order valence-corrected chi connectivity index (χ1v) is 16.1. The SMILES string of the molecule is Cc1ccc(S(=O)(=O)N2C[C@@H](C)[C@]3(C2)[C@H](O)[C@H](OC(=O)NC2CCCC2)C[C@H]2C(=O)N(c4ccccc4)C(=O)[C@H]23)cc1. The Hall–Kier alpha value is -3.28. The quantitative estimate of drug-likeness (QED) is 0.507. The monoisotopic (exact) mass is 595 g/mol. The average Bonchev–Trinajstić information content (AvgIpc) is 3.66. The number of hydrogen-bond donors (Lipinski definition) is 2. The first kappa shape index (κ1) is 28.8. The van der Waals surface area contributed by atoms with E-state index in [0.717, 1.165) is 36.1 Å². The van der Waals surface area contributed by atoms with Gasteiger partial charge in [-0.05, 0) is 56.4 Å². The molecule has 2 aliphatic carbocycles. The summed E-state index contributed by atoms with van der Waals surface area (Å²) in [7, 11) is -3.98. The normalized spacial score (nSPS) is 32.0. The maximum absolute atomic E-state index is 14.1. The van der Waals surface area contributed by atoms with E-state index in [9.17, 15) is 27.9 Å². The molecular formula is C31H37N3O7S. The summed E-state index contributed by atoms with van der Waals surface area (Å²) in [6.07, 6.45) is 0.552. The van der Waals surface area contributed by atoms with Crippen molar-refractivity contribution in [2.45, 2.75) is 69.1 Å². The van der Waals surface area contributed by atoms with Crippen LogP contribution in [0.3, 0.4) is 0 Å². The van der Waals surface area contributed by atoms with Crippen LogP contribution in [-0.4, -0.2) is 67.1 Å². The number of benzene rings is 2. The van der Waals surface area contributed by atoms with Crippen LogP contribution in [0.5, 0.6) is 0 Å². The van der Waals surface area contributed by atoms with E-state index in [1.54, 1.807) is 61.5 Å². The predicted molar refractivity (Wildman–Crippen MR) is 154 cm³/mol. The van der Waals surface area contributed by atoms with Gasteiger partial charge in [-0.25, -0.2) is 13.2 Å². The third-order valence-corrected chi connectivity index (χ3v) is 11.7. The van der Waals surface area contributed by atoms with E-state index >= 15 is 0 Å². The van der Waals surface area contributed by atoms with Gasteiger partial charge in [0.25, 0.3) is 0 Å². The van der Waals surface area contributed by atoms with Crippen molar-refractivity contribution in [1.29, 1.82) is 0 Å². The minimum atomic E-state index is -3.98. The summed E-state index contributed by atoms with van der Waals surface area (Å²) < 4.78 is 34.7. The largest absolute Gasteiger partial charge is 0.443 e. The molecule has 10 nitrogen and oxygen atoms in total. The van der Waals surface area contributed by atoms with Gasteiger partial charge >= 0.3 is 6.09 Å². The number of sulfonamides is 1. The smallest absolute Gasteiger partial charge is 0.407 e. The van der Waals surface area contributed by atoms with Crippen LogP contribution in [0.1, 0.15) is 44.6 Å². The molecule has 224 valence electrons. The number of rotatable bonds is 5. The van der Waals surface area contributed by atoms with Crippen LogP contribution in [0.2, 0.25) is 0 Å². The van der Waals surface area contributed by atoms with Gasteiger partial charge in [0.1, 0.15) is 6.10 Å². The van der Waals surface area contributed by atoms with E-state index in [1.165, 1.54) is 4.31 Å². The van der Waals surface area contributed by atoms with Gasteiger partial charge < -0.3 is 15.2 Å². The summed E-state index contributed by atoms with van der Waals surface area (Å²) in [6, 6.07) is 15.1. The second-order valence-corrected chi connectivity index (χ2v) is 14.2. The van der Waals surface area contributed by atoms with Gasteiger partial charge in [0.2, 0.25) is 21.8 Å². The molecule has 0 aromatic heterocycles. The Morgan fingerprint density at radius 3 is 2.36 bits per heavy atom. The number of hydrogen-bond acceptors (Lipinski definition) is 7. The zero-order chi connectivity index (χ0) is 29.8. The second-order valence-electron chi connectivity index (χ2n) is 12.3. The summed E-state index contributed by atoms with van der Waals surface area (Å²) in [5.74, 6) is -3.28. The minimum absolute atomic E-state index is 0.0104. The fraction of sp³-hybridized carbons (Fsp3) is 0.516. The number of nitrogens with zero attached hydrogens (tertiary/aromatic N) is 2. The zero-order valence-electron chi connectivity index (χ0n) is 23.8. The molecular weight excluding hydrogens is 558 g/mol. The van der Waals surface area contributed by atoms with Crippen molar-refractivity contribution in [1.82, 2.24) is 9.62 Å². The molecule has 3 amide bonds. The molecule has 2 saturated carbocycles. The van der Waals surface area contributed by atoms with Gasteiger partial charge in [-0.1, -0.05) is 55.7 Å². The van der Waals surface area contributed by atoms with E-state index in [1.807, 2.05) is 6.92 Å². The number of carbonyl (C=O) groups is 3. The van der Waals surface area contributed by atoms with Gasteiger partial charge in [0.15, 0.2) is 0 Å². The fourth-order valence-corrected chi connectivity index (χ4v) is 9.26. The highest BCUT2D eigenvalue weighted by Gasteiger charge is 2.70. The molecule has 11 heteroatoms. The molecule has 2 aromatic rings. The lowest BCUT2D eigenvalue weighted by Crippen LogP contribution is -2.61. The van der Waals surface area contributed by atoms with Gasteiger partial charge in [-0.15, -0.1) is 0 Å². The Bertz CT molecular complexity index is 1480. The number of fused-ring (bicyclic) bond motifs is 2. The lowest BCUT2D eigenvalue weighted by molar-refractivity contribution is -0.163. The topological polar surface area (TPSA) is 133 Å². The molecule has 2 saturated heterocycles. The molecule has 4 aliphatic rings. The number of alkyl carbamates (subject to hydrolysis) is 1. The number of para-hydroxylation sites is 1. The Balaban J connectivity index is 1.37. The molecule has 0 bridgehead atoms. The molecule has 6 atom stereocenters. The van der Waals surface area contributed by atoms with Crippen molar-refractivity contribution < 1.29 is 32.6 Å². The van der Waals surface area contributed by atoms with Crippen molar-refractivity contribution in [3.8, 4) is 0 Å². The highest BCUT2D eigenvalue weighted by Crippen LogP contribution is 2.58. The highest BCUT2D eigenvalue weighted by molar-refractivity contribution is 7.89. The van der Waals surface area contributed by atoms with E-state index in [-0.39, 0.29) is 30.4 Å². The maximum Gasteiger partial charge on any atom is 0.407 e. The molecule has 6 rings (SSSR count). The van der Waals surface area contributed by atoms with Crippen LogP contribution in [0.4, 0.5) is 10.5 Å². The van der Waals surface area contributed by atoms with Crippen molar-refractivity contribution in [2.75, 3.05) is 18.0 Å². The number of aryl methyl sites for hydroxylation is 1. The van der Waals surface area contributed by atoms with E-state index < -0.39 is 63.3 Å². The molecule has 1 spiro atoms. The third kappa shape index (κ3) is 4.62. The lowest BCUT2D eigenvalue weighted by atomic mass is 9.56.